The minimum Gasteiger partial charge on any atom is -0.348 e. The van der Waals surface area contributed by atoms with E-state index in [1.54, 1.807) is 11.3 Å². The minimum atomic E-state index is -4.59. The normalized spacial score (nSPS) is 18.3. The smallest absolute Gasteiger partial charge is 0.348 e. The molecule has 1 aliphatic rings. The monoisotopic (exact) mass is 423 g/mol. The Kier molecular flexibility index (Phi) is 5.30. The quantitative estimate of drug-likeness (QED) is 0.698. The van der Waals surface area contributed by atoms with E-state index in [9.17, 15) is 18.0 Å². The molecule has 1 aliphatic heterocycles. The van der Waals surface area contributed by atoms with Crippen LogP contribution in [-0.4, -0.2) is 44.5 Å². The van der Waals surface area contributed by atoms with Gasteiger partial charge in [-0.2, -0.15) is 18.3 Å². The van der Waals surface area contributed by atoms with Crippen LogP contribution in [0.1, 0.15) is 39.5 Å². The van der Waals surface area contributed by atoms with Crippen LogP contribution in [-0.2, 0) is 12.7 Å². The maximum Gasteiger partial charge on any atom is 0.433 e. The fourth-order valence-corrected chi connectivity index (χ4v) is 4.40. The zero-order chi connectivity index (χ0) is 20.6. The van der Waals surface area contributed by atoms with Crippen LogP contribution in [0.25, 0.3) is 5.65 Å². The van der Waals surface area contributed by atoms with Crippen LogP contribution in [0.4, 0.5) is 13.2 Å². The fourth-order valence-electron chi connectivity index (χ4n) is 3.65. The average molecular weight is 423 g/mol. The van der Waals surface area contributed by atoms with Crippen LogP contribution in [0.5, 0.6) is 0 Å². The van der Waals surface area contributed by atoms with Gasteiger partial charge in [-0.15, -0.1) is 11.3 Å². The lowest BCUT2D eigenvalue weighted by Crippen LogP contribution is -2.47. The van der Waals surface area contributed by atoms with Crippen molar-refractivity contribution < 1.29 is 18.0 Å². The second-order valence-corrected chi connectivity index (χ2v) is 8.23. The summed E-state index contributed by atoms with van der Waals surface area (Å²) in [5.41, 5.74) is -0.798. The van der Waals surface area contributed by atoms with Crippen molar-refractivity contribution in [3.8, 4) is 0 Å². The van der Waals surface area contributed by atoms with Gasteiger partial charge in [-0.3, -0.25) is 9.69 Å². The van der Waals surface area contributed by atoms with Gasteiger partial charge < -0.3 is 5.32 Å². The van der Waals surface area contributed by atoms with E-state index in [1.165, 1.54) is 11.8 Å². The third-order valence-electron chi connectivity index (χ3n) is 4.94. The fraction of sp³-hybridized carbons (Fsp3) is 0.421. The Hall–Kier alpha value is -2.46. The summed E-state index contributed by atoms with van der Waals surface area (Å²) in [5, 5.41) is 8.75. The summed E-state index contributed by atoms with van der Waals surface area (Å²) in [6.45, 7) is 3.95. The summed E-state index contributed by atoms with van der Waals surface area (Å²) in [6.07, 6.45) is -1.66. The lowest BCUT2D eigenvalue weighted by atomic mass is 10.1. The number of hydrogen-bond donors (Lipinski definition) is 1. The first-order chi connectivity index (χ1) is 13.8. The van der Waals surface area contributed by atoms with Crippen molar-refractivity contribution in [3.05, 3.63) is 51.6 Å². The molecule has 0 radical (unpaired) electrons. The zero-order valence-electron chi connectivity index (χ0n) is 15.7. The van der Waals surface area contributed by atoms with Crippen molar-refractivity contribution in [2.24, 2.45) is 0 Å². The van der Waals surface area contributed by atoms with E-state index in [4.69, 9.17) is 0 Å². The summed E-state index contributed by atoms with van der Waals surface area (Å²) in [7, 11) is 0. The number of thiophene rings is 1. The molecule has 10 heteroatoms. The largest absolute Gasteiger partial charge is 0.433 e. The number of rotatable bonds is 4. The molecule has 6 nitrogen and oxygen atoms in total. The third-order valence-corrected chi connectivity index (χ3v) is 5.80. The van der Waals surface area contributed by atoms with Gasteiger partial charge in [0.15, 0.2) is 5.65 Å². The van der Waals surface area contributed by atoms with E-state index >= 15 is 0 Å². The summed E-state index contributed by atoms with van der Waals surface area (Å²) in [6, 6.07) is 4.94. The number of hydrogen-bond acceptors (Lipinski definition) is 5. The number of aromatic nitrogens is 3. The van der Waals surface area contributed by atoms with Crippen molar-refractivity contribution in [1.29, 1.82) is 0 Å². The number of aryl methyl sites for hydroxylation is 1. The Morgan fingerprint density at radius 3 is 2.97 bits per heavy atom. The number of fused-ring (bicyclic) bond motifs is 1. The highest BCUT2D eigenvalue weighted by Gasteiger charge is 2.35. The van der Waals surface area contributed by atoms with E-state index in [0.29, 0.717) is 11.1 Å². The Balaban J connectivity index is 1.51. The minimum absolute atomic E-state index is 0.0505. The topological polar surface area (TPSA) is 62.5 Å². The molecule has 1 N–H and O–H groups in total. The number of halogens is 3. The van der Waals surface area contributed by atoms with Crippen LogP contribution < -0.4 is 5.32 Å². The molecule has 1 unspecified atom stereocenters. The van der Waals surface area contributed by atoms with E-state index in [1.807, 2.05) is 11.4 Å². The van der Waals surface area contributed by atoms with Gasteiger partial charge in [-0.1, -0.05) is 6.07 Å². The number of alkyl halides is 3. The van der Waals surface area contributed by atoms with Gasteiger partial charge in [-0.05, 0) is 43.8 Å². The van der Waals surface area contributed by atoms with Crippen molar-refractivity contribution in [2.45, 2.75) is 38.5 Å². The van der Waals surface area contributed by atoms with E-state index in [2.05, 4.69) is 26.4 Å². The van der Waals surface area contributed by atoms with Gasteiger partial charge in [0.1, 0.15) is 11.3 Å². The molecule has 29 heavy (non-hydrogen) atoms. The molecule has 0 bridgehead atoms. The van der Waals surface area contributed by atoms with Crippen LogP contribution in [0, 0.1) is 6.92 Å². The number of amides is 1. The van der Waals surface area contributed by atoms with Crippen LogP contribution in [0.3, 0.4) is 0 Å². The number of likely N-dealkylation sites (tertiary alicyclic amines) is 1. The van der Waals surface area contributed by atoms with Crippen molar-refractivity contribution in [1.82, 2.24) is 24.8 Å². The van der Waals surface area contributed by atoms with Gasteiger partial charge in [0.25, 0.3) is 5.91 Å². The molecular formula is C19H20F3N5OS. The SMILES string of the molecule is Cc1cc(C(F)(F)F)n2ncc(C(=O)NC3CCCN(Cc4cccs4)C3)c2n1. The second kappa shape index (κ2) is 7.75. The predicted molar refractivity (Wildman–Crippen MR) is 103 cm³/mol. The molecule has 154 valence electrons. The first kappa shape index (κ1) is 19.8. The highest BCUT2D eigenvalue weighted by atomic mass is 32.1. The summed E-state index contributed by atoms with van der Waals surface area (Å²) in [4.78, 5) is 20.4. The number of nitrogens with zero attached hydrogens (tertiary/aromatic N) is 4. The van der Waals surface area contributed by atoms with E-state index in [0.717, 1.165) is 38.2 Å². The molecule has 0 aromatic carbocycles. The maximum absolute atomic E-state index is 13.3. The third kappa shape index (κ3) is 4.27. The Labute approximate surface area is 169 Å². The van der Waals surface area contributed by atoms with Crippen molar-refractivity contribution >= 4 is 22.9 Å². The number of carbonyl (C=O) groups is 1. The molecule has 1 fully saturated rings. The number of piperidine rings is 1. The van der Waals surface area contributed by atoms with Gasteiger partial charge in [0.05, 0.1) is 6.20 Å². The van der Waals surface area contributed by atoms with Crippen molar-refractivity contribution in [2.75, 3.05) is 13.1 Å². The molecule has 4 heterocycles. The average Bonchev–Trinajstić information content (AvgIpc) is 3.30. The van der Waals surface area contributed by atoms with Gasteiger partial charge in [-0.25, -0.2) is 9.50 Å². The molecule has 1 saturated heterocycles. The summed E-state index contributed by atoms with van der Waals surface area (Å²) < 4.78 is 40.5. The van der Waals surface area contributed by atoms with E-state index in [-0.39, 0.29) is 22.9 Å². The molecule has 0 aliphatic carbocycles. The molecule has 3 aromatic rings. The Morgan fingerprint density at radius 1 is 1.41 bits per heavy atom. The van der Waals surface area contributed by atoms with Crippen LogP contribution in [0.2, 0.25) is 0 Å². The zero-order valence-corrected chi connectivity index (χ0v) is 16.6. The van der Waals surface area contributed by atoms with Crippen LogP contribution in [0.15, 0.2) is 29.8 Å². The molecule has 1 atom stereocenters. The van der Waals surface area contributed by atoms with Gasteiger partial charge in [0.2, 0.25) is 0 Å². The lowest BCUT2D eigenvalue weighted by Gasteiger charge is -2.32. The van der Waals surface area contributed by atoms with E-state index < -0.39 is 17.8 Å². The summed E-state index contributed by atoms with van der Waals surface area (Å²) in [5.74, 6) is -0.450. The lowest BCUT2D eigenvalue weighted by molar-refractivity contribution is -0.142. The number of carbonyl (C=O) groups excluding carboxylic acids is 1. The molecular weight excluding hydrogens is 403 g/mol. The molecule has 0 spiro atoms. The first-order valence-corrected chi connectivity index (χ1v) is 10.2. The second-order valence-electron chi connectivity index (χ2n) is 7.20. The molecule has 3 aromatic heterocycles. The molecule has 1 amide bonds. The summed E-state index contributed by atoms with van der Waals surface area (Å²) >= 11 is 1.70. The van der Waals surface area contributed by atoms with Gasteiger partial charge in [0, 0.05) is 29.7 Å². The van der Waals surface area contributed by atoms with Gasteiger partial charge >= 0.3 is 6.18 Å². The predicted octanol–water partition coefficient (Wildman–Crippen LogP) is 3.51. The highest BCUT2D eigenvalue weighted by molar-refractivity contribution is 7.09. The first-order valence-electron chi connectivity index (χ1n) is 9.29. The molecule has 4 rings (SSSR count). The highest BCUT2D eigenvalue weighted by Crippen LogP contribution is 2.30. The van der Waals surface area contributed by atoms with Crippen LogP contribution >= 0.6 is 11.3 Å². The molecule has 0 saturated carbocycles. The Morgan fingerprint density at radius 2 is 2.24 bits per heavy atom. The Bertz CT molecular complexity index is 1010. The maximum atomic E-state index is 13.3. The standard InChI is InChI=1S/C19H20F3N5OS/c1-12-8-16(19(20,21)22)27-17(24-12)15(9-23-27)18(28)25-13-4-2-6-26(10-13)11-14-5-3-7-29-14/h3,5,7-9,13H,2,4,6,10-11H2,1H3,(H,25,28). The number of nitrogens with one attached hydrogen (secondary N) is 1. The van der Waals surface area contributed by atoms with Crippen molar-refractivity contribution in [3.63, 3.8) is 0 Å².